The molecular weight excluding hydrogens is 418 g/mol. The summed E-state index contributed by atoms with van der Waals surface area (Å²) in [6, 6.07) is 3.65. The molecule has 1 aliphatic rings. The van der Waals surface area contributed by atoms with Gasteiger partial charge in [0.05, 0.1) is 23.1 Å². The topological polar surface area (TPSA) is 55.8 Å². The van der Waals surface area contributed by atoms with Crippen molar-refractivity contribution in [3.63, 3.8) is 0 Å². The summed E-state index contributed by atoms with van der Waals surface area (Å²) in [5, 5.41) is -0.216. The van der Waals surface area contributed by atoms with Crippen molar-refractivity contribution in [3.8, 4) is 11.5 Å². The van der Waals surface area contributed by atoms with Crippen molar-refractivity contribution >= 4 is 44.9 Å². The van der Waals surface area contributed by atoms with Crippen LogP contribution in [0.2, 0.25) is 0 Å². The largest absolute Gasteiger partial charge is 0.496 e. The zero-order valence-electron chi connectivity index (χ0n) is 15.3. The molecule has 0 aliphatic carbocycles. The summed E-state index contributed by atoms with van der Waals surface area (Å²) in [4.78, 5) is 26.3. The molecule has 7 heteroatoms. The van der Waals surface area contributed by atoms with Gasteiger partial charge in [0.1, 0.15) is 11.5 Å². The van der Waals surface area contributed by atoms with Gasteiger partial charge in [-0.1, -0.05) is 26.7 Å². The molecular formula is C19H24BrNO4S. The molecule has 0 N–H and O–H groups in total. The molecule has 1 aliphatic heterocycles. The van der Waals surface area contributed by atoms with Gasteiger partial charge in [0, 0.05) is 18.2 Å². The molecule has 142 valence electrons. The number of nitrogens with zero attached hydrogens (tertiary/aromatic N) is 1. The van der Waals surface area contributed by atoms with E-state index in [-0.39, 0.29) is 11.1 Å². The fourth-order valence-corrected chi connectivity index (χ4v) is 3.76. The Kier molecular flexibility index (Phi) is 8.03. The number of imide groups is 1. The molecule has 0 bridgehead atoms. The van der Waals surface area contributed by atoms with Crippen LogP contribution in [-0.2, 0) is 4.79 Å². The first kappa shape index (κ1) is 20.8. The maximum absolute atomic E-state index is 12.5. The van der Waals surface area contributed by atoms with Gasteiger partial charge in [-0.15, -0.1) is 0 Å². The Bertz CT molecular complexity index is 705. The van der Waals surface area contributed by atoms with Crippen LogP contribution in [0.4, 0.5) is 4.79 Å². The molecule has 1 aromatic carbocycles. The molecule has 5 nitrogen and oxygen atoms in total. The Hall–Kier alpha value is -1.47. The maximum atomic E-state index is 12.5. The zero-order chi connectivity index (χ0) is 19.1. The molecule has 2 rings (SSSR count). The Morgan fingerprint density at radius 2 is 1.88 bits per heavy atom. The number of rotatable bonds is 9. The highest BCUT2D eigenvalue weighted by atomic mass is 79.9. The first-order valence-corrected chi connectivity index (χ1v) is 10.4. The zero-order valence-corrected chi connectivity index (χ0v) is 17.7. The summed E-state index contributed by atoms with van der Waals surface area (Å²) < 4.78 is 12.0. The van der Waals surface area contributed by atoms with Crippen LogP contribution >= 0.6 is 27.7 Å². The molecule has 0 saturated carbocycles. The first-order chi connectivity index (χ1) is 12.5. The Morgan fingerprint density at radius 3 is 2.54 bits per heavy atom. The van der Waals surface area contributed by atoms with Crippen molar-refractivity contribution < 1.29 is 19.1 Å². The van der Waals surface area contributed by atoms with E-state index in [2.05, 4.69) is 22.9 Å². The van der Waals surface area contributed by atoms with Crippen molar-refractivity contribution in [2.75, 3.05) is 20.3 Å². The molecule has 26 heavy (non-hydrogen) atoms. The first-order valence-electron chi connectivity index (χ1n) is 8.77. The second kappa shape index (κ2) is 10.0. The highest BCUT2D eigenvalue weighted by molar-refractivity contribution is 9.10. The van der Waals surface area contributed by atoms with E-state index in [4.69, 9.17) is 9.47 Å². The average molecular weight is 442 g/mol. The monoisotopic (exact) mass is 441 g/mol. The minimum atomic E-state index is -0.241. The third-order valence-electron chi connectivity index (χ3n) is 3.94. The van der Waals surface area contributed by atoms with Crippen LogP contribution in [0.3, 0.4) is 0 Å². The summed E-state index contributed by atoms with van der Waals surface area (Å²) in [5.74, 6) is 1.05. The number of amides is 2. The number of methoxy groups -OCH3 is 1. The predicted molar refractivity (Wildman–Crippen MR) is 109 cm³/mol. The number of thioether (sulfide) groups is 1. The second-order valence-electron chi connectivity index (χ2n) is 5.91. The van der Waals surface area contributed by atoms with Crippen LogP contribution in [0.15, 0.2) is 21.5 Å². The minimum absolute atomic E-state index is 0.216. The average Bonchev–Trinajstić information content (AvgIpc) is 2.88. The molecule has 1 aromatic rings. The number of hydrogen-bond acceptors (Lipinski definition) is 5. The van der Waals surface area contributed by atoms with Crippen LogP contribution in [0.25, 0.3) is 6.08 Å². The lowest BCUT2D eigenvalue weighted by Crippen LogP contribution is -2.29. The number of carbonyl (C=O) groups is 2. The SMILES string of the molecule is CCCCOc1cc(OC)c(/C=C2\SC(=O)N(CCCC)C2=O)cc1Br. The number of unbranched alkanes of at least 4 members (excludes halogenated alkanes) is 2. The maximum Gasteiger partial charge on any atom is 0.293 e. The van der Waals surface area contributed by atoms with E-state index in [0.717, 1.165) is 47.5 Å². The van der Waals surface area contributed by atoms with Gasteiger partial charge >= 0.3 is 0 Å². The van der Waals surface area contributed by atoms with Gasteiger partial charge < -0.3 is 9.47 Å². The summed E-state index contributed by atoms with van der Waals surface area (Å²) in [6.45, 7) is 5.23. The molecule has 0 radical (unpaired) electrons. The Labute approximate surface area is 167 Å². The molecule has 0 spiro atoms. The fraction of sp³-hybridized carbons (Fsp3) is 0.474. The molecule has 2 amide bonds. The molecule has 0 atom stereocenters. The Balaban J connectivity index is 2.25. The summed E-state index contributed by atoms with van der Waals surface area (Å²) in [6.07, 6.45) is 5.48. The van der Waals surface area contributed by atoms with Crippen LogP contribution in [-0.4, -0.2) is 36.3 Å². The number of ether oxygens (including phenoxy) is 2. The molecule has 0 aromatic heterocycles. The van der Waals surface area contributed by atoms with Crippen molar-refractivity contribution in [2.24, 2.45) is 0 Å². The lowest BCUT2D eigenvalue weighted by molar-refractivity contribution is -0.122. The highest BCUT2D eigenvalue weighted by Crippen LogP contribution is 2.38. The number of halogens is 1. The predicted octanol–water partition coefficient (Wildman–Crippen LogP) is 5.47. The van der Waals surface area contributed by atoms with E-state index in [1.54, 1.807) is 19.3 Å². The summed E-state index contributed by atoms with van der Waals surface area (Å²) >= 11 is 4.48. The van der Waals surface area contributed by atoms with Crippen LogP contribution in [0.5, 0.6) is 11.5 Å². The van der Waals surface area contributed by atoms with E-state index in [9.17, 15) is 9.59 Å². The lowest BCUT2D eigenvalue weighted by atomic mass is 10.1. The van der Waals surface area contributed by atoms with Crippen molar-refractivity contribution in [1.29, 1.82) is 0 Å². The van der Waals surface area contributed by atoms with Gasteiger partial charge in [-0.3, -0.25) is 14.5 Å². The van der Waals surface area contributed by atoms with Crippen LogP contribution < -0.4 is 9.47 Å². The van der Waals surface area contributed by atoms with Gasteiger partial charge in [-0.2, -0.15) is 0 Å². The molecule has 1 saturated heterocycles. The van der Waals surface area contributed by atoms with Gasteiger partial charge in [-0.05, 0) is 52.7 Å². The quantitative estimate of drug-likeness (QED) is 0.375. The van der Waals surface area contributed by atoms with E-state index < -0.39 is 0 Å². The van der Waals surface area contributed by atoms with Crippen molar-refractivity contribution in [3.05, 3.63) is 27.1 Å². The summed E-state index contributed by atoms with van der Waals surface area (Å²) in [7, 11) is 1.57. The van der Waals surface area contributed by atoms with Crippen LogP contribution in [0.1, 0.15) is 45.1 Å². The van der Waals surface area contributed by atoms with Gasteiger partial charge in [-0.25, -0.2) is 0 Å². The third kappa shape index (κ3) is 5.04. The van der Waals surface area contributed by atoms with Gasteiger partial charge in [0.15, 0.2) is 0 Å². The second-order valence-corrected chi connectivity index (χ2v) is 7.76. The van der Waals surface area contributed by atoms with Crippen molar-refractivity contribution in [1.82, 2.24) is 4.90 Å². The lowest BCUT2D eigenvalue weighted by Gasteiger charge is -2.13. The van der Waals surface area contributed by atoms with Crippen LogP contribution in [0, 0.1) is 0 Å². The van der Waals surface area contributed by atoms with Gasteiger partial charge in [0.25, 0.3) is 11.1 Å². The third-order valence-corrected chi connectivity index (χ3v) is 5.46. The van der Waals surface area contributed by atoms with Crippen molar-refractivity contribution in [2.45, 2.75) is 39.5 Å². The minimum Gasteiger partial charge on any atom is -0.496 e. The van der Waals surface area contributed by atoms with E-state index in [1.165, 1.54) is 4.90 Å². The highest BCUT2D eigenvalue weighted by Gasteiger charge is 2.34. The fourth-order valence-electron chi connectivity index (χ4n) is 2.43. The van der Waals surface area contributed by atoms with E-state index in [1.807, 2.05) is 13.0 Å². The standard InChI is InChI=1S/C19H24BrNO4S/c1-4-6-8-21-18(22)17(26-19(21)23)11-13-10-14(20)16(12-15(13)24-3)25-9-7-5-2/h10-12H,4-9H2,1-3H3/b17-11-. The molecule has 0 unspecified atom stereocenters. The van der Waals surface area contributed by atoms with E-state index >= 15 is 0 Å². The smallest absolute Gasteiger partial charge is 0.293 e. The van der Waals surface area contributed by atoms with Gasteiger partial charge in [0.2, 0.25) is 0 Å². The number of hydrogen-bond donors (Lipinski definition) is 0. The number of benzene rings is 1. The molecule has 1 heterocycles. The summed E-state index contributed by atoms with van der Waals surface area (Å²) in [5.41, 5.74) is 0.725. The van der Waals surface area contributed by atoms with E-state index in [0.29, 0.717) is 29.6 Å². The number of carbonyl (C=O) groups excluding carboxylic acids is 2. The Morgan fingerprint density at radius 1 is 1.15 bits per heavy atom. The molecule has 1 fully saturated rings. The normalized spacial score (nSPS) is 15.8.